The largest absolute Gasteiger partial charge is 0.454 e. The number of hydrogen-bond donors (Lipinski definition) is 2. The molecule has 2 aliphatic heterocycles. The molecule has 32 heavy (non-hydrogen) atoms. The summed E-state index contributed by atoms with van der Waals surface area (Å²) >= 11 is 0. The molecule has 2 saturated heterocycles. The van der Waals surface area contributed by atoms with Crippen LogP contribution in [0.2, 0.25) is 0 Å². The van der Waals surface area contributed by atoms with Gasteiger partial charge < -0.3 is 24.7 Å². The molecule has 1 aliphatic carbocycles. The summed E-state index contributed by atoms with van der Waals surface area (Å²) in [6.45, 7) is 5.65. The van der Waals surface area contributed by atoms with Gasteiger partial charge in [-0.2, -0.15) is 0 Å². The second-order valence-electron chi connectivity index (χ2n) is 9.04. The average molecular weight is 491 g/mol. The van der Waals surface area contributed by atoms with Gasteiger partial charge in [0.2, 0.25) is 5.91 Å². The summed E-state index contributed by atoms with van der Waals surface area (Å²) in [6.07, 6.45) is 4.07. The quantitative estimate of drug-likeness (QED) is 0.655. The summed E-state index contributed by atoms with van der Waals surface area (Å²) in [5.74, 6) is 1.22. The van der Waals surface area contributed by atoms with E-state index in [2.05, 4.69) is 15.5 Å². The number of furan rings is 1. The monoisotopic (exact) mass is 490 g/mol. The minimum atomic E-state index is -0.351. The zero-order valence-electron chi connectivity index (χ0n) is 18.9. The maximum absolute atomic E-state index is 13.4. The maximum Gasteiger partial charge on any atom is 0.289 e. The van der Waals surface area contributed by atoms with Gasteiger partial charge in [-0.1, -0.05) is 0 Å². The predicted molar refractivity (Wildman–Crippen MR) is 127 cm³/mol. The van der Waals surface area contributed by atoms with Crippen molar-refractivity contribution in [3.05, 3.63) is 23.7 Å². The third-order valence-electron chi connectivity index (χ3n) is 7.09. The van der Waals surface area contributed by atoms with E-state index in [4.69, 9.17) is 9.15 Å². The van der Waals surface area contributed by atoms with E-state index in [-0.39, 0.29) is 42.0 Å². The number of halogens is 2. The zero-order valence-corrected chi connectivity index (χ0v) is 20.6. The molecule has 2 amide bonds. The number of carbonyl (C=O) groups excluding carboxylic acids is 2. The summed E-state index contributed by atoms with van der Waals surface area (Å²) in [7, 11) is 3.38. The molecule has 10 heteroatoms. The number of nitrogens with one attached hydrogen (secondary N) is 2. The molecular weight excluding hydrogens is 455 g/mol. The van der Waals surface area contributed by atoms with E-state index < -0.39 is 0 Å². The number of ether oxygens (including phenoxy) is 1. The first-order valence-corrected chi connectivity index (χ1v) is 11.1. The Morgan fingerprint density at radius 2 is 1.97 bits per heavy atom. The summed E-state index contributed by atoms with van der Waals surface area (Å²) in [5, 5.41) is 6.56. The van der Waals surface area contributed by atoms with Crippen molar-refractivity contribution in [2.24, 2.45) is 11.3 Å². The van der Waals surface area contributed by atoms with Gasteiger partial charge in [0.15, 0.2) is 5.76 Å². The molecule has 2 N–H and O–H groups in total. The first kappa shape index (κ1) is 26.9. The Morgan fingerprint density at radius 1 is 1.22 bits per heavy atom. The van der Waals surface area contributed by atoms with Crippen LogP contribution in [0.3, 0.4) is 0 Å². The van der Waals surface area contributed by atoms with Crippen LogP contribution in [0.5, 0.6) is 0 Å². The third-order valence-corrected chi connectivity index (χ3v) is 7.09. The lowest BCUT2D eigenvalue weighted by molar-refractivity contribution is -0.140. The van der Waals surface area contributed by atoms with Crippen molar-refractivity contribution in [3.63, 3.8) is 0 Å². The van der Waals surface area contributed by atoms with Gasteiger partial charge in [0.05, 0.1) is 25.2 Å². The summed E-state index contributed by atoms with van der Waals surface area (Å²) < 4.78 is 11.1. The second-order valence-corrected chi connectivity index (χ2v) is 9.04. The number of amides is 2. The van der Waals surface area contributed by atoms with Crippen LogP contribution in [-0.2, 0) is 16.1 Å². The molecule has 3 heterocycles. The predicted octanol–water partition coefficient (Wildman–Crippen LogP) is 1.92. The number of nitrogens with zero attached hydrogens (tertiary/aromatic N) is 2. The number of rotatable bonds is 5. The minimum absolute atomic E-state index is 0. The number of morpholine rings is 1. The summed E-state index contributed by atoms with van der Waals surface area (Å²) in [6, 6.07) is 3.99. The zero-order chi connectivity index (χ0) is 21.1. The van der Waals surface area contributed by atoms with Crippen molar-refractivity contribution in [3.8, 4) is 0 Å². The highest BCUT2D eigenvalue weighted by Crippen LogP contribution is 2.46. The first-order chi connectivity index (χ1) is 14.5. The molecule has 1 aromatic heterocycles. The van der Waals surface area contributed by atoms with Crippen molar-refractivity contribution >= 4 is 36.6 Å². The molecule has 0 radical (unpaired) electrons. The highest BCUT2D eigenvalue weighted by atomic mass is 35.5. The molecule has 1 aromatic rings. The normalized spacial score (nSPS) is 27.9. The molecule has 0 bridgehead atoms. The van der Waals surface area contributed by atoms with Gasteiger partial charge in [0.1, 0.15) is 5.76 Å². The molecule has 3 aliphatic rings. The number of hydrogen-bond acceptors (Lipinski definition) is 6. The molecule has 0 spiro atoms. The Hall–Kier alpha value is -1.32. The lowest BCUT2D eigenvalue weighted by atomic mass is 9.61. The fourth-order valence-electron chi connectivity index (χ4n) is 5.32. The molecular formula is C22H36Cl2N4O4. The molecule has 3 atom stereocenters. The smallest absolute Gasteiger partial charge is 0.289 e. The minimum Gasteiger partial charge on any atom is -0.454 e. The van der Waals surface area contributed by atoms with Crippen LogP contribution in [0.15, 0.2) is 16.5 Å². The second kappa shape index (κ2) is 11.7. The van der Waals surface area contributed by atoms with Gasteiger partial charge in [-0.05, 0) is 50.3 Å². The Balaban J connectivity index is 0.00000181. The molecule has 3 fully saturated rings. The molecule has 8 nitrogen and oxygen atoms in total. The van der Waals surface area contributed by atoms with Gasteiger partial charge in [-0.3, -0.25) is 14.5 Å². The van der Waals surface area contributed by atoms with Crippen molar-refractivity contribution in [2.45, 2.75) is 38.3 Å². The first-order valence-electron chi connectivity index (χ1n) is 11.1. The van der Waals surface area contributed by atoms with Crippen molar-refractivity contribution in [1.29, 1.82) is 0 Å². The van der Waals surface area contributed by atoms with Crippen LogP contribution in [-0.4, -0.2) is 81.1 Å². The van der Waals surface area contributed by atoms with E-state index in [1.807, 2.05) is 0 Å². The van der Waals surface area contributed by atoms with Crippen LogP contribution in [0, 0.1) is 11.3 Å². The van der Waals surface area contributed by atoms with Gasteiger partial charge in [-0.15, -0.1) is 24.8 Å². The lowest BCUT2D eigenvalue weighted by Crippen LogP contribution is -2.60. The maximum atomic E-state index is 13.4. The highest BCUT2D eigenvalue weighted by molar-refractivity contribution is 5.91. The standard InChI is InChI=1S/C22H34N4O4.2ClH/c1-25(2)20(27)19-4-3-18(30-19)14-24-21(28)22-7-5-17(26-9-11-29-12-10-26)13-16(22)6-8-23-15-22;;/h3-4,16-17,23H,5-15H2,1-2H3,(H,24,28);2*1H/t16-,17-,22-;;/m1../s1. The Bertz CT molecular complexity index is 769. The van der Waals surface area contributed by atoms with Gasteiger partial charge in [-0.25, -0.2) is 0 Å². The number of piperidine rings is 1. The summed E-state index contributed by atoms with van der Waals surface area (Å²) in [5.41, 5.74) is -0.351. The van der Waals surface area contributed by atoms with Crippen molar-refractivity contribution in [1.82, 2.24) is 20.4 Å². The highest BCUT2D eigenvalue weighted by Gasteiger charge is 2.50. The fraction of sp³-hybridized carbons (Fsp3) is 0.727. The topological polar surface area (TPSA) is 87.1 Å². The van der Waals surface area contributed by atoms with Crippen LogP contribution >= 0.6 is 24.8 Å². The molecule has 0 aromatic carbocycles. The Morgan fingerprint density at radius 3 is 2.69 bits per heavy atom. The third kappa shape index (κ3) is 5.59. The van der Waals surface area contributed by atoms with Gasteiger partial charge in [0.25, 0.3) is 5.91 Å². The van der Waals surface area contributed by atoms with Gasteiger partial charge in [0, 0.05) is 39.8 Å². The van der Waals surface area contributed by atoms with Gasteiger partial charge >= 0.3 is 0 Å². The number of fused-ring (bicyclic) bond motifs is 1. The van der Waals surface area contributed by atoms with E-state index in [0.29, 0.717) is 30.0 Å². The van der Waals surface area contributed by atoms with Crippen molar-refractivity contribution < 1.29 is 18.7 Å². The van der Waals surface area contributed by atoms with E-state index >= 15 is 0 Å². The van der Waals surface area contributed by atoms with E-state index in [1.54, 1.807) is 26.2 Å². The Kier molecular flexibility index (Phi) is 9.85. The average Bonchev–Trinajstić information content (AvgIpc) is 3.26. The van der Waals surface area contributed by atoms with E-state index in [0.717, 1.165) is 65.1 Å². The van der Waals surface area contributed by atoms with Crippen LogP contribution in [0.1, 0.15) is 42.0 Å². The van der Waals surface area contributed by atoms with Crippen LogP contribution in [0.4, 0.5) is 0 Å². The lowest BCUT2D eigenvalue weighted by Gasteiger charge is -2.50. The van der Waals surface area contributed by atoms with Crippen LogP contribution in [0.25, 0.3) is 0 Å². The molecule has 1 saturated carbocycles. The molecule has 182 valence electrons. The van der Waals surface area contributed by atoms with E-state index in [9.17, 15) is 9.59 Å². The fourth-order valence-corrected chi connectivity index (χ4v) is 5.32. The van der Waals surface area contributed by atoms with Crippen LogP contribution < -0.4 is 10.6 Å². The van der Waals surface area contributed by atoms with E-state index in [1.165, 1.54) is 4.90 Å². The Labute approximate surface area is 202 Å². The SMILES string of the molecule is CN(C)C(=O)c1ccc(CNC(=O)[C@@]23CC[C@@H](N4CCOCC4)C[C@H]2CCNC3)o1.Cl.Cl. The number of carbonyl (C=O) groups is 2. The molecule has 4 rings (SSSR count). The summed E-state index contributed by atoms with van der Waals surface area (Å²) in [4.78, 5) is 29.4. The molecule has 0 unspecified atom stereocenters. The van der Waals surface area contributed by atoms with Crippen molar-refractivity contribution in [2.75, 3.05) is 53.5 Å².